The number of hydrogen-bond acceptors (Lipinski definition) is 10. The van der Waals surface area contributed by atoms with Crippen molar-refractivity contribution in [1.29, 1.82) is 0 Å². The topological polar surface area (TPSA) is 124 Å². The molecule has 0 aliphatic carbocycles. The summed E-state index contributed by atoms with van der Waals surface area (Å²) < 4.78 is 33.3. The van der Waals surface area contributed by atoms with Crippen LogP contribution >= 0.6 is 0 Å². The van der Waals surface area contributed by atoms with Gasteiger partial charge in [0, 0.05) is 12.2 Å². The minimum atomic E-state index is -0.468. The molecule has 0 atom stereocenters. The summed E-state index contributed by atoms with van der Waals surface area (Å²) in [6, 6.07) is 45.6. The Bertz CT molecular complexity index is 2580. The molecule has 0 aliphatic heterocycles. The molecule has 0 N–H and O–H groups in total. The van der Waals surface area contributed by atoms with Gasteiger partial charge in [0.05, 0.1) is 37.6 Å². The minimum absolute atomic E-state index is 0.387. The van der Waals surface area contributed by atoms with Crippen molar-refractivity contribution in [3.8, 4) is 45.3 Å². The van der Waals surface area contributed by atoms with Gasteiger partial charge in [-0.2, -0.15) is 0 Å². The molecule has 374 valence electrons. The molecular formula is C62H66O10. The average molecular weight is 971 g/mol. The van der Waals surface area contributed by atoms with E-state index in [9.17, 15) is 19.2 Å². The zero-order chi connectivity index (χ0) is 51.5. The number of ether oxygens (including phenoxy) is 6. The van der Waals surface area contributed by atoms with E-state index in [4.69, 9.17) is 28.4 Å². The Morgan fingerprint density at radius 3 is 0.972 bits per heavy atom. The maximum Gasteiger partial charge on any atom is 0.343 e. The van der Waals surface area contributed by atoms with Crippen molar-refractivity contribution in [2.75, 3.05) is 26.4 Å². The van der Waals surface area contributed by atoms with Crippen LogP contribution in [0.4, 0.5) is 0 Å². The lowest BCUT2D eigenvalue weighted by molar-refractivity contribution is -0.138. The fourth-order valence-corrected chi connectivity index (χ4v) is 7.79. The van der Waals surface area contributed by atoms with E-state index in [1.165, 1.54) is 0 Å². The standard InChI is InChI=1S/C58H54O10.2C2H6/c1-3-53(59)65-39-15-7-5-13-37-63-45-29-25-43(26-30-45)57(61)67-47-33-21-41(22-34-47)55-49-17-9-11-19-51(49)56(52-20-12-10-18-50(52)55)42-23-35-48(36-24-42)68-58(62)44-27-31-46(32-28-44)64-38-14-6-8-16-40-66-54(60)4-2;2*1-2/h3-4,9-12,17-36H,1-2,5-8,13-16,37-40H2;2*1-2H3. The first kappa shape index (κ1) is 55.0. The highest BCUT2D eigenvalue weighted by molar-refractivity contribution is 6.21. The molecule has 0 fully saturated rings. The summed E-state index contributed by atoms with van der Waals surface area (Å²) in [7, 11) is 0. The minimum Gasteiger partial charge on any atom is -0.494 e. The zero-order valence-corrected chi connectivity index (χ0v) is 42.0. The predicted octanol–water partition coefficient (Wildman–Crippen LogP) is 15.2. The van der Waals surface area contributed by atoms with Gasteiger partial charge in [0.15, 0.2) is 0 Å². The summed E-state index contributed by atoms with van der Waals surface area (Å²) in [5, 5.41) is 4.25. The monoisotopic (exact) mass is 970 g/mol. The third kappa shape index (κ3) is 16.0. The summed E-state index contributed by atoms with van der Waals surface area (Å²) in [5.74, 6) is 0.456. The summed E-state index contributed by atoms with van der Waals surface area (Å²) in [4.78, 5) is 48.5. The average Bonchev–Trinajstić information content (AvgIpc) is 3.43. The van der Waals surface area contributed by atoms with Crippen molar-refractivity contribution in [2.24, 2.45) is 0 Å². The molecule has 10 nitrogen and oxygen atoms in total. The van der Waals surface area contributed by atoms with Crippen LogP contribution in [0, 0.1) is 0 Å². The first-order valence-electron chi connectivity index (χ1n) is 24.9. The maximum atomic E-state index is 13.1. The van der Waals surface area contributed by atoms with Crippen LogP contribution in [0.5, 0.6) is 23.0 Å². The molecule has 0 unspecified atom stereocenters. The second-order valence-electron chi connectivity index (χ2n) is 16.0. The summed E-state index contributed by atoms with van der Waals surface area (Å²) in [5.41, 5.74) is 4.89. The van der Waals surface area contributed by atoms with E-state index < -0.39 is 23.9 Å². The second kappa shape index (κ2) is 29.9. The van der Waals surface area contributed by atoms with E-state index >= 15 is 0 Å². The zero-order valence-electron chi connectivity index (χ0n) is 42.0. The van der Waals surface area contributed by atoms with Crippen molar-refractivity contribution in [3.05, 3.63) is 182 Å². The molecule has 0 radical (unpaired) electrons. The first-order chi connectivity index (χ1) is 35.3. The van der Waals surface area contributed by atoms with E-state index in [1.807, 2.05) is 100 Å². The highest BCUT2D eigenvalue weighted by Crippen LogP contribution is 2.44. The van der Waals surface area contributed by atoms with Crippen LogP contribution in [0.15, 0.2) is 171 Å². The van der Waals surface area contributed by atoms with Gasteiger partial charge in [-0.1, -0.05) is 114 Å². The van der Waals surface area contributed by atoms with Gasteiger partial charge in [-0.05, 0) is 168 Å². The maximum absolute atomic E-state index is 13.1. The molecule has 0 saturated carbocycles. The van der Waals surface area contributed by atoms with Crippen molar-refractivity contribution in [1.82, 2.24) is 0 Å². The van der Waals surface area contributed by atoms with Crippen molar-refractivity contribution in [2.45, 2.75) is 79.1 Å². The van der Waals surface area contributed by atoms with Crippen molar-refractivity contribution < 1.29 is 47.6 Å². The number of hydrogen-bond donors (Lipinski definition) is 0. The van der Waals surface area contributed by atoms with E-state index in [1.54, 1.807) is 48.5 Å². The predicted molar refractivity (Wildman–Crippen MR) is 288 cm³/mol. The molecule has 0 bridgehead atoms. The third-order valence-electron chi connectivity index (χ3n) is 11.3. The van der Waals surface area contributed by atoms with E-state index in [0.717, 1.165) is 107 Å². The smallest absolute Gasteiger partial charge is 0.343 e. The van der Waals surface area contributed by atoms with Gasteiger partial charge in [0.1, 0.15) is 23.0 Å². The van der Waals surface area contributed by atoms with Gasteiger partial charge in [0.25, 0.3) is 0 Å². The quantitative estimate of drug-likeness (QED) is 0.0190. The Kier molecular flexibility index (Phi) is 22.8. The molecule has 7 rings (SSSR count). The van der Waals surface area contributed by atoms with Crippen molar-refractivity contribution in [3.63, 3.8) is 0 Å². The molecule has 0 aromatic heterocycles. The fourth-order valence-electron chi connectivity index (χ4n) is 7.79. The molecule has 0 aliphatic rings. The largest absolute Gasteiger partial charge is 0.494 e. The summed E-state index contributed by atoms with van der Waals surface area (Å²) in [6.45, 7) is 16.6. The molecule has 72 heavy (non-hydrogen) atoms. The fraction of sp³-hybridized carbons (Fsp3) is 0.258. The van der Waals surface area contributed by atoms with Gasteiger partial charge in [-0.3, -0.25) is 0 Å². The third-order valence-corrected chi connectivity index (χ3v) is 11.3. The molecule has 10 heteroatoms. The van der Waals surface area contributed by atoms with Gasteiger partial charge >= 0.3 is 23.9 Å². The van der Waals surface area contributed by atoms with Gasteiger partial charge in [-0.15, -0.1) is 0 Å². The number of benzene rings is 7. The Balaban J connectivity index is 0.00000235. The lowest BCUT2D eigenvalue weighted by Crippen LogP contribution is -2.08. The summed E-state index contributed by atoms with van der Waals surface area (Å²) >= 11 is 0. The first-order valence-corrected chi connectivity index (χ1v) is 24.9. The SMILES string of the molecule is C=CC(=O)OCCCCCCOc1ccc(C(=O)Oc2ccc(-c3c4ccccc4c(-c4ccc(OC(=O)c5ccc(OCCCCCCOC(=O)C=C)cc5)cc4)c4ccccc34)cc2)cc1.CC.CC. The molecule has 0 saturated heterocycles. The number of unbranched alkanes of at least 4 members (excludes halogenated alkanes) is 6. The highest BCUT2D eigenvalue weighted by Gasteiger charge is 2.18. The van der Waals surface area contributed by atoms with Crippen LogP contribution in [0.2, 0.25) is 0 Å². The highest BCUT2D eigenvalue weighted by atomic mass is 16.5. The van der Waals surface area contributed by atoms with E-state index in [-0.39, 0.29) is 0 Å². The van der Waals surface area contributed by atoms with Crippen LogP contribution in [0.1, 0.15) is 99.8 Å². The van der Waals surface area contributed by atoms with Crippen LogP contribution < -0.4 is 18.9 Å². The molecule has 7 aromatic rings. The van der Waals surface area contributed by atoms with E-state index in [2.05, 4.69) is 37.4 Å². The van der Waals surface area contributed by atoms with E-state index in [0.29, 0.717) is 60.6 Å². The molecule has 0 amide bonds. The number of esters is 4. The van der Waals surface area contributed by atoms with Crippen LogP contribution in [-0.4, -0.2) is 50.3 Å². The number of carbonyl (C=O) groups is 4. The number of fused-ring (bicyclic) bond motifs is 2. The lowest BCUT2D eigenvalue weighted by Gasteiger charge is -2.18. The van der Waals surface area contributed by atoms with Crippen LogP contribution in [0.25, 0.3) is 43.8 Å². The molecule has 0 heterocycles. The Morgan fingerprint density at radius 1 is 0.375 bits per heavy atom. The summed E-state index contributed by atoms with van der Waals surface area (Å²) in [6.07, 6.45) is 9.39. The Morgan fingerprint density at radius 2 is 0.667 bits per heavy atom. The Labute approximate surface area is 424 Å². The molecular weight excluding hydrogens is 905 g/mol. The van der Waals surface area contributed by atoms with Crippen LogP contribution in [-0.2, 0) is 19.1 Å². The molecule has 0 spiro atoms. The van der Waals surface area contributed by atoms with Crippen molar-refractivity contribution >= 4 is 45.4 Å². The van der Waals surface area contributed by atoms with Crippen LogP contribution in [0.3, 0.4) is 0 Å². The Hall–Kier alpha value is -7.98. The van der Waals surface area contributed by atoms with Gasteiger partial charge in [0.2, 0.25) is 0 Å². The second-order valence-corrected chi connectivity index (χ2v) is 16.0. The lowest BCUT2D eigenvalue weighted by atomic mass is 9.86. The number of carbonyl (C=O) groups excluding carboxylic acids is 4. The molecule has 7 aromatic carbocycles. The number of rotatable bonds is 24. The normalized spacial score (nSPS) is 10.4. The van der Waals surface area contributed by atoms with Gasteiger partial charge in [-0.25, -0.2) is 19.2 Å². The van der Waals surface area contributed by atoms with Gasteiger partial charge < -0.3 is 28.4 Å².